The summed E-state index contributed by atoms with van der Waals surface area (Å²) in [6, 6.07) is 20.9. The van der Waals surface area contributed by atoms with Crippen LogP contribution in [0.5, 0.6) is 0 Å². The molecule has 1 fully saturated rings. The molecule has 170 valence electrons. The highest BCUT2D eigenvalue weighted by Crippen LogP contribution is 2.23. The second-order valence-corrected chi connectivity index (χ2v) is 10.5. The molecular formula is C25H22Cl2N2O3S. The highest BCUT2D eigenvalue weighted by atomic mass is 35.5. The SMILES string of the molecule is O=C(/C=C/c1ccc(Cl)cc1)c1ccc(N2CCN(S(=O)(=O)c3ccc(Cl)cc3)CC2)cc1. The number of carbonyl (C=O) groups is 1. The molecule has 1 saturated heterocycles. The Morgan fingerprint density at radius 1 is 0.758 bits per heavy atom. The van der Waals surface area contributed by atoms with Gasteiger partial charge in [0.25, 0.3) is 0 Å². The van der Waals surface area contributed by atoms with E-state index in [4.69, 9.17) is 23.2 Å². The van der Waals surface area contributed by atoms with Crippen LogP contribution in [0.2, 0.25) is 10.0 Å². The Bertz CT molecular complexity index is 1250. The lowest BCUT2D eigenvalue weighted by Crippen LogP contribution is -2.48. The van der Waals surface area contributed by atoms with Gasteiger partial charge >= 0.3 is 0 Å². The van der Waals surface area contributed by atoms with Gasteiger partial charge in [-0.2, -0.15) is 4.31 Å². The lowest BCUT2D eigenvalue weighted by atomic mass is 10.1. The second-order valence-electron chi connectivity index (χ2n) is 7.64. The topological polar surface area (TPSA) is 57.7 Å². The molecule has 0 N–H and O–H groups in total. The van der Waals surface area contributed by atoms with Gasteiger partial charge in [0.05, 0.1) is 4.90 Å². The summed E-state index contributed by atoms with van der Waals surface area (Å²) in [5.74, 6) is -0.0876. The highest BCUT2D eigenvalue weighted by molar-refractivity contribution is 7.89. The zero-order valence-electron chi connectivity index (χ0n) is 17.7. The molecule has 5 nitrogen and oxygen atoms in total. The number of hydrogen-bond acceptors (Lipinski definition) is 4. The quantitative estimate of drug-likeness (QED) is 0.335. The van der Waals surface area contributed by atoms with E-state index in [9.17, 15) is 13.2 Å². The molecule has 0 aliphatic carbocycles. The Balaban J connectivity index is 1.36. The van der Waals surface area contributed by atoms with E-state index < -0.39 is 10.0 Å². The maximum atomic E-state index is 12.9. The van der Waals surface area contributed by atoms with Gasteiger partial charge in [-0.05, 0) is 72.3 Å². The molecular weight excluding hydrogens is 479 g/mol. The average molecular weight is 501 g/mol. The molecule has 0 amide bonds. The van der Waals surface area contributed by atoms with Gasteiger partial charge in [0.1, 0.15) is 0 Å². The minimum absolute atomic E-state index is 0.0876. The van der Waals surface area contributed by atoms with E-state index in [0.29, 0.717) is 41.8 Å². The molecule has 4 rings (SSSR count). The number of halogens is 2. The summed E-state index contributed by atoms with van der Waals surface area (Å²) in [5.41, 5.74) is 2.44. The first-order valence-electron chi connectivity index (χ1n) is 10.4. The first-order valence-corrected chi connectivity index (χ1v) is 12.6. The number of rotatable bonds is 6. The largest absolute Gasteiger partial charge is 0.369 e. The van der Waals surface area contributed by atoms with Crippen molar-refractivity contribution in [1.29, 1.82) is 0 Å². The van der Waals surface area contributed by atoms with Crippen molar-refractivity contribution in [3.05, 3.63) is 100 Å². The monoisotopic (exact) mass is 500 g/mol. The van der Waals surface area contributed by atoms with Crippen LogP contribution in [0.25, 0.3) is 6.08 Å². The van der Waals surface area contributed by atoms with Crippen LogP contribution in [0.3, 0.4) is 0 Å². The molecule has 1 heterocycles. The Morgan fingerprint density at radius 2 is 1.30 bits per heavy atom. The van der Waals surface area contributed by atoms with E-state index in [0.717, 1.165) is 11.3 Å². The van der Waals surface area contributed by atoms with Gasteiger partial charge in [0.15, 0.2) is 5.78 Å². The molecule has 3 aromatic rings. The van der Waals surface area contributed by atoms with Crippen LogP contribution in [0.1, 0.15) is 15.9 Å². The van der Waals surface area contributed by atoms with Crippen molar-refractivity contribution in [2.75, 3.05) is 31.1 Å². The molecule has 0 atom stereocenters. The van der Waals surface area contributed by atoms with Gasteiger partial charge in [0, 0.05) is 47.5 Å². The molecule has 0 bridgehead atoms. The molecule has 0 radical (unpaired) electrons. The summed E-state index contributed by atoms with van der Waals surface area (Å²) < 4.78 is 27.2. The molecule has 1 aliphatic heterocycles. The third-order valence-corrected chi connectivity index (χ3v) is 7.92. The van der Waals surface area contributed by atoms with Crippen LogP contribution in [-0.2, 0) is 10.0 Å². The van der Waals surface area contributed by atoms with Gasteiger partial charge in [-0.15, -0.1) is 0 Å². The van der Waals surface area contributed by atoms with Gasteiger partial charge in [-0.3, -0.25) is 4.79 Å². The van der Waals surface area contributed by atoms with Crippen molar-refractivity contribution < 1.29 is 13.2 Å². The molecule has 0 unspecified atom stereocenters. The van der Waals surface area contributed by atoms with Crippen molar-refractivity contribution in [2.24, 2.45) is 0 Å². The molecule has 33 heavy (non-hydrogen) atoms. The minimum atomic E-state index is -3.55. The van der Waals surface area contributed by atoms with Crippen LogP contribution in [0, 0.1) is 0 Å². The second kappa shape index (κ2) is 10.1. The zero-order chi connectivity index (χ0) is 23.4. The van der Waals surface area contributed by atoms with E-state index in [2.05, 4.69) is 4.90 Å². The summed E-state index contributed by atoms with van der Waals surface area (Å²) in [7, 11) is -3.55. The fraction of sp³-hybridized carbons (Fsp3) is 0.160. The van der Waals surface area contributed by atoms with E-state index in [1.54, 1.807) is 48.6 Å². The van der Waals surface area contributed by atoms with Gasteiger partial charge < -0.3 is 4.90 Å². The lowest BCUT2D eigenvalue weighted by molar-refractivity contribution is 0.104. The first-order chi connectivity index (χ1) is 15.8. The van der Waals surface area contributed by atoms with E-state index in [1.807, 2.05) is 24.3 Å². The normalized spacial score (nSPS) is 15.2. The van der Waals surface area contributed by atoms with Gasteiger partial charge in [-0.25, -0.2) is 8.42 Å². The predicted molar refractivity (Wildman–Crippen MR) is 134 cm³/mol. The molecule has 0 saturated carbocycles. The number of hydrogen-bond donors (Lipinski definition) is 0. The molecule has 1 aliphatic rings. The molecule has 3 aromatic carbocycles. The third-order valence-electron chi connectivity index (χ3n) is 5.50. The Hall–Kier alpha value is -2.64. The van der Waals surface area contributed by atoms with E-state index in [-0.39, 0.29) is 10.7 Å². The van der Waals surface area contributed by atoms with Gasteiger partial charge in [0.2, 0.25) is 10.0 Å². The standard InChI is InChI=1S/C25H22Cl2N2O3S/c26-21-6-1-19(2-7-21)3-14-25(30)20-4-10-23(11-5-20)28-15-17-29(18-16-28)33(31,32)24-12-8-22(27)9-13-24/h1-14H,15-18H2/b14-3+. The molecule has 8 heteroatoms. The van der Waals surface area contributed by atoms with Crippen LogP contribution < -0.4 is 4.90 Å². The predicted octanol–water partition coefficient (Wildman–Crippen LogP) is 5.40. The molecule has 0 aromatic heterocycles. The minimum Gasteiger partial charge on any atom is -0.369 e. The summed E-state index contributed by atoms with van der Waals surface area (Å²) >= 11 is 11.8. The Morgan fingerprint density at radius 3 is 1.88 bits per heavy atom. The summed E-state index contributed by atoms with van der Waals surface area (Å²) in [4.78, 5) is 14.8. The summed E-state index contributed by atoms with van der Waals surface area (Å²) in [6.07, 6.45) is 3.30. The Kier molecular flexibility index (Phi) is 7.20. The fourth-order valence-corrected chi connectivity index (χ4v) is 5.29. The number of allylic oxidation sites excluding steroid dienone is 1. The van der Waals surface area contributed by atoms with Crippen LogP contribution in [0.4, 0.5) is 5.69 Å². The fourth-order valence-electron chi connectivity index (χ4n) is 3.62. The van der Waals surface area contributed by atoms with E-state index in [1.165, 1.54) is 16.4 Å². The number of piperazine rings is 1. The number of sulfonamides is 1. The Labute approximate surface area is 203 Å². The van der Waals surface area contributed by atoms with Crippen molar-refractivity contribution in [1.82, 2.24) is 4.31 Å². The first kappa shape index (κ1) is 23.5. The third kappa shape index (κ3) is 5.65. The summed E-state index contributed by atoms with van der Waals surface area (Å²) in [6.45, 7) is 1.90. The lowest BCUT2D eigenvalue weighted by Gasteiger charge is -2.35. The van der Waals surface area contributed by atoms with Crippen molar-refractivity contribution in [3.8, 4) is 0 Å². The van der Waals surface area contributed by atoms with Crippen molar-refractivity contribution in [3.63, 3.8) is 0 Å². The number of ketones is 1. The number of carbonyl (C=O) groups excluding carboxylic acids is 1. The van der Waals surface area contributed by atoms with Gasteiger partial charge in [-0.1, -0.05) is 41.4 Å². The summed E-state index contributed by atoms with van der Waals surface area (Å²) in [5, 5.41) is 1.15. The van der Waals surface area contributed by atoms with Crippen LogP contribution in [-0.4, -0.2) is 44.7 Å². The number of nitrogens with zero attached hydrogens (tertiary/aromatic N) is 2. The van der Waals surface area contributed by atoms with Crippen molar-refractivity contribution >= 4 is 50.8 Å². The highest BCUT2D eigenvalue weighted by Gasteiger charge is 2.28. The van der Waals surface area contributed by atoms with E-state index >= 15 is 0 Å². The number of benzene rings is 3. The maximum Gasteiger partial charge on any atom is 0.243 e. The van der Waals surface area contributed by atoms with Crippen LogP contribution in [0.15, 0.2) is 83.8 Å². The van der Waals surface area contributed by atoms with Crippen LogP contribution >= 0.6 is 23.2 Å². The zero-order valence-corrected chi connectivity index (χ0v) is 20.0. The average Bonchev–Trinajstić information content (AvgIpc) is 2.84. The molecule has 0 spiro atoms. The van der Waals surface area contributed by atoms with Crippen molar-refractivity contribution in [2.45, 2.75) is 4.90 Å². The number of anilines is 1. The maximum absolute atomic E-state index is 12.9. The smallest absolute Gasteiger partial charge is 0.243 e.